The molecule has 5 rings (SSSR count). The van der Waals surface area contributed by atoms with Crippen LogP contribution in [0.25, 0.3) is 17.2 Å². The monoisotopic (exact) mass is 547 g/mol. The summed E-state index contributed by atoms with van der Waals surface area (Å²) in [7, 11) is 1.54. The number of hydrogen-bond donors (Lipinski definition) is 2. The number of nitrogens with zero attached hydrogens (tertiary/aromatic N) is 5. The lowest BCUT2D eigenvalue weighted by Crippen LogP contribution is -2.50. The molecule has 2 aliphatic rings. The van der Waals surface area contributed by atoms with Crippen LogP contribution in [0, 0.1) is 11.7 Å². The number of aromatic nitrogens is 4. The van der Waals surface area contributed by atoms with Crippen molar-refractivity contribution in [3.63, 3.8) is 0 Å². The highest BCUT2D eigenvalue weighted by atomic mass is 32.2. The predicted octanol–water partition coefficient (Wildman–Crippen LogP) is 0.453. The SMILES string of the molecule is [B]c1cc(-n2c(-c3nonc3NC3CC4CC3CN4S(=O)(=O)NC(=O)OC(C)(C)C)noc2=O)ccc1F. The minimum absolute atomic E-state index is 0.0533. The molecule has 1 aliphatic carbocycles. The van der Waals surface area contributed by atoms with E-state index in [9.17, 15) is 22.4 Å². The maximum atomic E-state index is 13.6. The van der Waals surface area contributed by atoms with Crippen LogP contribution in [0.15, 0.2) is 32.1 Å². The first-order chi connectivity index (χ1) is 17.8. The van der Waals surface area contributed by atoms with Gasteiger partial charge in [0.25, 0.3) is 0 Å². The van der Waals surface area contributed by atoms with Gasteiger partial charge in [0.15, 0.2) is 5.69 Å². The van der Waals surface area contributed by atoms with Crippen LogP contribution in [0.5, 0.6) is 0 Å². The second kappa shape index (κ2) is 9.23. The largest absolute Gasteiger partial charge is 0.446 e. The molecule has 1 aliphatic heterocycles. The molecule has 1 amide bonds. The Labute approximate surface area is 217 Å². The number of nitrogens with one attached hydrogen (secondary N) is 2. The van der Waals surface area contributed by atoms with Gasteiger partial charge < -0.3 is 10.1 Å². The van der Waals surface area contributed by atoms with Gasteiger partial charge >= 0.3 is 22.1 Å². The third-order valence-corrected chi connectivity index (χ3v) is 7.77. The Morgan fingerprint density at radius 1 is 1.24 bits per heavy atom. The van der Waals surface area contributed by atoms with Crippen LogP contribution in [0.3, 0.4) is 0 Å². The van der Waals surface area contributed by atoms with Crippen molar-refractivity contribution in [2.75, 3.05) is 11.9 Å². The Morgan fingerprint density at radius 2 is 2.00 bits per heavy atom. The van der Waals surface area contributed by atoms with Crippen LogP contribution in [-0.4, -0.2) is 70.9 Å². The van der Waals surface area contributed by atoms with Crippen molar-refractivity contribution in [2.45, 2.75) is 51.3 Å². The number of anilines is 1. The molecular formula is C21H23BFN7O7S. The number of amides is 1. The summed E-state index contributed by atoms with van der Waals surface area (Å²) in [6, 6.07) is 3.08. The van der Waals surface area contributed by atoms with Gasteiger partial charge in [-0.1, -0.05) is 10.6 Å². The molecule has 3 atom stereocenters. The summed E-state index contributed by atoms with van der Waals surface area (Å²) >= 11 is 0. The Morgan fingerprint density at radius 3 is 2.66 bits per heavy atom. The fraction of sp³-hybridized carbons (Fsp3) is 0.476. The maximum Gasteiger partial charge on any atom is 0.446 e. The normalized spacial score (nSPS) is 21.5. The molecule has 2 N–H and O–H groups in total. The molecule has 14 nitrogen and oxygen atoms in total. The highest BCUT2D eigenvalue weighted by molar-refractivity contribution is 7.87. The van der Waals surface area contributed by atoms with Crippen LogP contribution in [0.1, 0.15) is 33.6 Å². The summed E-state index contributed by atoms with van der Waals surface area (Å²) < 4.78 is 58.2. The first-order valence-electron chi connectivity index (χ1n) is 11.6. The number of ether oxygens (including phenoxy) is 1. The highest BCUT2D eigenvalue weighted by Gasteiger charge is 2.50. The van der Waals surface area contributed by atoms with Crippen molar-refractivity contribution in [3.8, 4) is 17.2 Å². The predicted molar refractivity (Wildman–Crippen MR) is 130 cm³/mol. The lowest BCUT2D eigenvalue weighted by Gasteiger charge is -2.31. The van der Waals surface area contributed by atoms with Crippen LogP contribution < -0.4 is 21.3 Å². The van der Waals surface area contributed by atoms with Gasteiger partial charge in [0.05, 0.1) is 5.69 Å². The van der Waals surface area contributed by atoms with Gasteiger partial charge in [0, 0.05) is 18.6 Å². The Kier molecular flexibility index (Phi) is 6.29. The molecule has 3 aromatic rings. The average molecular weight is 547 g/mol. The van der Waals surface area contributed by atoms with Gasteiger partial charge in [0.1, 0.15) is 19.3 Å². The molecule has 1 saturated carbocycles. The van der Waals surface area contributed by atoms with E-state index in [0.717, 1.165) is 10.6 Å². The highest BCUT2D eigenvalue weighted by Crippen LogP contribution is 2.41. The second-order valence-corrected chi connectivity index (χ2v) is 11.7. The zero-order valence-corrected chi connectivity index (χ0v) is 21.4. The quantitative estimate of drug-likeness (QED) is 0.410. The smallest absolute Gasteiger partial charge is 0.443 e. The zero-order valence-electron chi connectivity index (χ0n) is 20.5. The minimum atomic E-state index is -4.10. The number of fused-ring (bicyclic) bond motifs is 2. The Hall–Kier alpha value is -3.73. The number of carbonyl (C=O) groups excluding carboxylic acids is 1. The molecule has 2 aromatic heterocycles. The van der Waals surface area contributed by atoms with E-state index >= 15 is 0 Å². The number of hydrogen-bond acceptors (Lipinski definition) is 11. The van der Waals surface area contributed by atoms with Gasteiger partial charge in [-0.25, -0.2) is 27.9 Å². The molecule has 3 unspecified atom stereocenters. The lowest BCUT2D eigenvalue weighted by molar-refractivity contribution is 0.0566. The molecular weight excluding hydrogens is 524 g/mol. The van der Waals surface area contributed by atoms with Crippen LogP contribution in [0.4, 0.5) is 15.0 Å². The van der Waals surface area contributed by atoms with Crippen molar-refractivity contribution in [2.24, 2.45) is 5.92 Å². The lowest BCUT2D eigenvalue weighted by atomic mass is 9.95. The number of rotatable bonds is 6. The van der Waals surface area contributed by atoms with Gasteiger partial charge in [-0.05, 0) is 68.0 Å². The molecule has 1 aromatic carbocycles. The first-order valence-corrected chi connectivity index (χ1v) is 13.0. The molecule has 2 fully saturated rings. The zero-order chi connectivity index (χ0) is 27.4. The van der Waals surface area contributed by atoms with Gasteiger partial charge in [-0.2, -0.15) is 12.7 Å². The summed E-state index contributed by atoms with van der Waals surface area (Å²) in [4.78, 5) is 24.4. The van der Waals surface area contributed by atoms with Crippen molar-refractivity contribution in [1.82, 2.24) is 29.1 Å². The third kappa shape index (κ3) is 4.90. The maximum absolute atomic E-state index is 13.6. The first kappa shape index (κ1) is 25.9. The molecule has 2 radical (unpaired) electrons. The molecule has 1 saturated heterocycles. The van der Waals surface area contributed by atoms with E-state index in [0.29, 0.717) is 12.8 Å². The summed E-state index contributed by atoms with van der Waals surface area (Å²) in [6.45, 7) is 5.06. The number of piperidine rings is 1. The van der Waals surface area contributed by atoms with Crippen LogP contribution >= 0.6 is 0 Å². The van der Waals surface area contributed by atoms with E-state index in [1.165, 1.54) is 16.4 Å². The average Bonchev–Trinajstić information content (AvgIpc) is 3.58. The molecule has 200 valence electrons. The van der Waals surface area contributed by atoms with Gasteiger partial charge in [-0.15, -0.1) is 0 Å². The fourth-order valence-electron chi connectivity index (χ4n) is 4.75. The Bertz CT molecular complexity index is 1550. The molecule has 38 heavy (non-hydrogen) atoms. The third-order valence-electron chi connectivity index (χ3n) is 6.28. The van der Waals surface area contributed by atoms with E-state index in [4.69, 9.17) is 21.7 Å². The standard InChI is InChI=1S/C21H23BFN7O7S/c1-21(2,3)35-19(31)28-38(33,34)29-9-10-6-12(29)8-15(10)24-17-16(25-37-26-17)18-27-36-20(32)30(18)11-4-5-14(23)13(22)7-11/h4-5,7,10,12,15H,6,8-9H2,1-3H3,(H,24,26)(H,28,31). The van der Waals surface area contributed by atoms with E-state index in [2.05, 4.69) is 20.8 Å². The minimum Gasteiger partial charge on any atom is -0.443 e. The number of halogens is 1. The molecule has 2 bridgehead atoms. The number of benzene rings is 1. The number of carbonyl (C=O) groups is 1. The molecule has 3 heterocycles. The molecule has 17 heteroatoms. The summed E-state index contributed by atoms with van der Waals surface area (Å²) in [5.41, 5.74) is -0.782. The van der Waals surface area contributed by atoms with Gasteiger partial charge in [0.2, 0.25) is 11.6 Å². The van der Waals surface area contributed by atoms with Crippen molar-refractivity contribution in [1.29, 1.82) is 0 Å². The second-order valence-electron chi connectivity index (χ2n) is 10.1. The topological polar surface area (TPSA) is 175 Å². The van der Waals surface area contributed by atoms with E-state index in [-0.39, 0.29) is 53.0 Å². The Balaban J connectivity index is 1.31. The van der Waals surface area contributed by atoms with Crippen molar-refractivity contribution in [3.05, 3.63) is 34.6 Å². The van der Waals surface area contributed by atoms with Crippen LogP contribution in [-0.2, 0) is 14.9 Å². The van der Waals surface area contributed by atoms with E-state index in [1.54, 1.807) is 20.8 Å². The van der Waals surface area contributed by atoms with E-state index < -0.39 is 33.5 Å². The molecule has 0 spiro atoms. The van der Waals surface area contributed by atoms with Crippen molar-refractivity contribution >= 4 is 35.4 Å². The summed E-state index contributed by atoms with van der Waals surface area (Å²) in [5, 5.41) is 14.7. The van der Waals surface area contributed by atoms with Crippen molar-refractivity contribution < 1.29 is 31.5 Å². The van der Waals surface area contributed by atoms with Crippen LogP contribution in [0.2, 0.25) is 0 Å². The fourth-order valence-corrected chi connectivity index (χ4v) is 6.07. The van der Waals surface area contributed by atoms with E-state index in [1.807, 2.05) is 4.72 Å². The summed E-state index contributed by atoms with van der Waals surface area (Å²) in [6.07, 6.45) is -0.0848. The van der Waals surface area contributed by atoms with Gasteiger partial charge in [-0.3, -0.25) is 4.52 Å². The summed E-state index contributed by atoms with van der Waals surface area (Å²) in [5.74, 6) is -1.53.